The fourth-order valence-corrected chi connectivity index (χ4v) is 1.54. The molecule has 1 heterocycles. The number of nitrogens with zero attached hydrogens (tertiary/aromatic N) is 3. The van der Waals surface area contributed by atoms with Crippen LogP contribution in [0.15, 0.2) is 12.4 Å². The van der Waals surface area contributed by atoms with Gasteiger partial charge in [0.05, 0.1) is 29.9 Å². The number of hydrogen-bond donors (Lipinski definition) is 0. The number of esters is 1. The van der Waals surface area contributed by atoms with Crippen molar-refractivity contribution in [1.82, 2.24) is 9.78 Å². The van der Waals surface area contributed by atoms with Crippen molar-refractivity contribution >= 4 is 5.97 Å². The maximum absolute atomic E-state index is 11.4. The maximum Gasteiger partial charge on any atom is 0.341 e. The van der Waals surface area contributed by atoms with Gasteiger partial charge in [-0.15, -0.1) is 0 Å². The third kappa shape index (κ3) is 4.21. The van der Waals surface area contributed by atoms with Gasteiger partial charge in [0.15, 0.2) is 0 Å². The van der Waals surface area contributed by atoms with E-state index in [1.807, 2.05) is 13.8 Å². The monoisotopic (exact) mass is 249 g/mol. The lowest BCUT2D eigenvalue weighted by molar-refractivity contribution is 0.0526. The molecule has 0 radical (unpaired) electrons. The van der Waals surface area contributed by atoms with Crippen molar-refractivity contribution < 1.29 is 9.53 Å². The van der Waals surface area contributed by atoms with Gasteiger partial charge in [-0.1, -0.05) is 0 Å². The smallest absolute Gasteiger partial charge is 0.341 e. The highest BCUT2D eigenvalue weighted by Gasteiger charge is 2.16. The van der Waals surface area contributed by atoms with Crippen molar-refractivity contribution in [2.24, 2.45) is 5.41 Å². The SMILES string of the molecule is CCOC(=O)c1cnn(CCCC(C)(C)C#N)c1. The first-order valence-electron chi connectivity index (χ1n) is 6.09. The van der Waals surface area contributed by atoms with Crippen LogP contribution in [-0.4, -0.2) is 22.4 Å². The van der Waals surface area contributed by atoms with Crippen LogP contribution in [0.3, 0.4) is 0 Å². The van der Waals surface area contributed by atoms with Crippen LogP contribution >= 0.6 is 0 Å². The molecule has 5 heteroatoms. The molecular formula is C13H19N3O2. The lowest BCUT2D eigenvalue weighted by atomic mass is 9.90. The molecule has 0 unspecified atom stereocenters. The van der Waals surface area contributed by atoms with Gasteiger partial charge in [0, 0.05) is 12.7 Å². The number of carbonyl (C=O) groups is 1. The summed E-state index contributed by atoms with van der Waals surface area (Å²) in [5.41, 5.74) is 0.160. The number of aryl methyl sites for hydroxylation is 1. The van der Waals surface area contributed by atoms with E-state index in [2.05, 4.69) is 11.2 Å². The normalized spacial score (nSPS) is 11.0. The highest BCUT2D eigenvalue weighted by atomic mass is 16.5. The first kappa shape index (κ1) is 14.2. The minimum Gasteiger partial charge on any atom is -0.462 e. The molecule has 1 aromatic heterocycles. The largest absolute Gasteiger partial charge is 0.462 e. The van der Waals surface area contributed by atoms with Crippen LogP contribution in [0.4, 0.5) is 0 Å². The summed E-state index contributed by atoms with van der Waals surface area (Å²) in [6, 6.07) is 2.26. The number of nitriles is 1. The highest BCUT2D eigenvalue weighted by molar-refractivity contribution is 5.88. The summed E-state index contributed by atoms with van der Waals surface area (Å²) in [4.78, 5) is 11.4. The Bertz CT molecular complexity index is 443. The van der Waals surface area contributed by atoms with E-state index in [0.717, 1.165) is 12.8 Å². The Hall–Kier alpha value is -1.83. The lowest BCUT2D eigenvalue weighted by Gasteiger charge is -2.14. The van der Waals surface area contributed by atoms with Gasteiger partial charge in [-0.3, -0.25) is 4.68 Å². The van der Waals surface area contributed by atoms with Crippen LogP contribution < -0.4 is 0 Å². The van der Waals surface area contributed by atoms with E-state index in [0.29, 0.717) is 18.7 Å². The van der Waals surface area contributed by atoms with Crippen molar-refractivity contribution in [2.75, 3.05) is 6.61 Å². The summed E-state index contributed by atoms with van der Waals surface area (Å²) >= 11 is 0. The molecule has 98 valence electrons. The van der Waals surface area contributed by atoms with E-state index in [1.165, 1.54) is 6.20 Å². The molecule has 0 saturated heterocycles. The van der Waals surface area contributed by atoms with E-state index in [4.69, 9.17) is 10.00 Å². The summed E-state index contributed by atoms with van der Waals surface area (Å²) in [6.45, 7) is 6.66. The molecule has 0 bridgehead atoms. The lowest BCUT2D eigenvalue weighted by Crippen LogP contribution is -2.10. The Morgan fingerprint density at radius 1 is 1.61 bits per heavy atom. The van der Waals surface area contributed by atoms with Crippen LogP contribution in [0.1, 0.15) is 44.0 Å². The van der Waals surface area contributed by atoms with Gasteiger partial charge in [-0.2, -0.15) is 10.4 Å². The molecule has 0 aliphatic carbocycles. The van der Waals surface area contributed by atoms with Gasteiger partial charge in [0.1, 0.15) is 0 Å². The minimum absolute atomic E-state index is 0.308. The summed E-state index contributed by atoms with van der Waals surface area (Å²) in [6.07, 6.45) is 4.84. The number of hydrogen-bond acceptors (Lipinski definition) is 4. The van der Waals surface area contributed by atoms with Gasteiger partial charge in [-0.05, 0) is 33.6 Å². The molecular weight excluding hydrogens is 230 g/mol. The number of aromatic nitrogens is 2. The highest BCUT2D eigenvalue weighted by Crippen LogP contribution is 2.20. The van der Waals surface area contributed by atoms with Crippen molar-refractivity contribution in [3.8, 4) is 6.07 Å². The van der Waals surface area contributed by atoms with Gasteiger partial charge in [0.25, 0.3) is 0 Å². The van der Waals surface area contributed by atoms with Crippen molar-refractivity contribution in [1.29, 1.82) is 5.26 Å². The van der Waals surface area contributed by atoms with Crippen LogP contribution in [0.2, 0.25) is 0 Å². The average molecular weight is 249 g/mol. The van der Waals surface area contributed by atoms with E-state index in [1.54, 1.807) is 17.8 Å². The minimum atomic E-state index is -0.346. The Kier molecular flexibility index (Phi) is 4.90. The van der Waals surface area contributed by atoms with Crippen LogP contribution in [0.5, 0.6) is 0 Å². The molecule has 0 amide bonds. The van der Waals surface area contributed by atoms with Crippen LogP contribution in [-0.2, 0) is 11.3 Å². The molecule has 0 N–H and O–H groups in total. The Labute approximate surface area is 107 Å². The first-order valence-corrected chi connectivity index (χ1v) is 6.09. The van der Waals surface area contributed by atoms with Gasteiger partial charge >= 0.3 is 5.97 Å². The molecule has 0 fully saturated rings. The third-order valence-electron chi connectivity index (χ3n) is 2.64. The van der Waals surface area contributed by atoms with Crippen LogP contribution in [0, 0.1) is 16.7 Å². The second-order valence-electron chi connectivity index (χ2n) is 4.81. The van der Waals surface area contributed by atoms with E-state index >= 15 is 0 Å². The van der Waals surface area contributed by atoms with E-state index in [9.17, 15) is 4.79 Å². The number of ether oxygens (including phenoxy) is 1. The van der Waals surface area contributed by atoms with Crippen molar-refractivity contribution in [3.63, 3.8) is 0 Å². The van der Waals surface area contributed by atoms with E-state index in [-0.39, 0.29) is 11.4 Å². The zero-order valence-corrected chi connectivity index (χ0v) is 11.1. The molecule has 0 atom stereocenters. The zero-order valence-electron chi connectivity index (χ0n) is 11.1. The summed E-state index contributed by atoms with van der Waals surface area (Å²) < 4.78 is 6.59. The van der Waals surface area contributed by atoms with Crippen molar-refractivity contribution in [2.45, 2.75) is 40.2 Å². The molecule has 0 saturated carbocycles. The van der Waals surface area contributed by atoms with E-state index < -0.39 is 0 Å². The molecule has 5 nitrogen and oxygen atoms in total. The average Bonchev–Trinajstić information content (AvgIpc) is 2.78. The summed E-state index contributed by atoms with van der Waals surface area (Å²) in [7, 11) is 0. The molecule has 0 spiro atoms. The standard InChI is InChI=1S/C13H19N3O2/c1-4-18-12(17)11-8-15-16(9-11)7-5-6-13(2,3)10-14/h8-9H,4-7H2,1-3H3. The molecule has 0 aliphatic rings. The summed E-state index contributed by atoms with van der Waals surface area (Å²) in [5.74, 6) is -0.346. The molecule has 1 aromatic rings. The Morgan fingerprint density at radius 2 is 2.33 bits per heavy atom. The molecule has 18 heavy (non-hydrogen) atoms. The number of rotatable bonds is 6. The quantitative estimate of drug-likeness (QED) is 0.726. The molecule has 0 aromatic carbocycles. The van der Waals surface area contributed by atoms with Crippen molar-refractivity contribution in [3.05, 3.63) is 18.0 Å². The van der Waals surface area contributed by atoms with Gasteiger partial charge in [0.2, 0.25) is 0 Å². The predicted octanol–water partition coefficient (Wildman–Crippen LogP) is 2.39. The summed E-state index contributed by atoms with van der Waals surface area (Å²) in [5, 5.41) is 13.0. The fraction of sp³-hybridized carbons (Fsp3) is 0.615. The second-order valence-corrected chi connectivity index (χ2v) is 4.81. The van der Waals surface area contributed by atoms with Crippen LogP contribution in [0.25, 0.3) is 0 Å². The Morgan fingerprint density at radius 3 is 2.94 bits per heavy atom. The number of carbonyl (C=O) groups excluding carboxylic acids is 1. The zero-order chi connectivity index (χ0) is 13.6. The molecule has 1 rings (SSSR count). The topological polar surface area (TPSA) is 67.9 Å². The fourth-order valence-electron chi connectivity index (χ4n) is 1.54. The van der Waals surface area contributed by atoms with Gasteiger partial charge in [-0.25, -0.2) is 4.79 Å². The second kappa shape index (κ2) is 6.20. The third-order valence-corrected chi connectivity index (χ3v) is 2.64. The Balaban J connectivity index is 2.46. The van der Waals surface area contributed by atoms with Gasteiger partial charge < -0.3 is 4.74 Å². The first-order chi connectivity index (χ1) is 8.48. The predicted molar refractivity (Wildman–Crippen MR) is 66.8 cm³/mol. The maximum atomic E-state index is 11.4. The molecule has 0 aliphatic heterocycles.